The first-order valence-electron chi connectivity index (χ1n) is 8.78. The van der Waals surface area contributed by atoms with E-state index in [0.717, 1.165) is 11.1 Å². The maximum Gasteiger partial charge on any atom is 0.422 e. The van der Waals surface area contributed by atoms with E-state index >= 15 is 0 Å². The smallest absolute Gasteiger partial charge is 0.422 e. The van der Waals surface area contributed by atoms with Crippen LogP contribution in [0.3, 0.4) is 0 Å². The van der Waals surface area contributed by atoms with Gasteiger partial charge in [0.15, 0.2) is 24.1 Å². The lowest BCUT2D eigenvalue weighted by Crippen LogP contribution is -2.36. The molecule has 0 aliphatic carbocycles. The second kappa shape index (κ2) is 10.4. The van der Waals surface area contributed by atoms with E-state index in [-0.39, 0.29) is 5.75 Å². The SMILES string of the molecule is CN=C(NCc1ccc(OCC(F)(F)F)cc1)NCc1ccc(OC)c(OC)c1. The lowest BCUT2D eigenvalue weighted by Gasteiger charge is -2.14. The minimum atomic E-state index is -4.35. The van der Waals surface area contributed by atoms with Crippen LogP contribution in [0.1, 0.15) is 11.1 Å². The molecule has 0 amide bonds. The predicted octanol–water partition coefficient (Wildman–Crippen LogP) is 3.51. The highest BCUT2D eigenvalue weighted by Gasteiger charge is 2.28. The highest BCUT2D eigenvalue weighted by molar-refractivity contribution is 5.79. The van der Waals surface area contributed by atoms with Gasteiger partial charge in [0, 0.05) is 20.1 Å². The Kier molecular flexibility index (Phi) is 7.99. The molecule has 0 aromatic heterocycles. The molecule has 29 heavy (non-hydrogen) atoms. The van der Waals surface area contributed by atoms with Crippen LogP contribution in [0.2, 0.25) is 0 Å². The van der Waals surface area contributed by atoms with E-state index in [0.29, 0.717) is 30.5 Å². The van der Waals surface area contributed by atoms with Crippen LogP contribution in [0, 0.1) is 0 Å². The molecule has 0 radical (unpaired) electrons. The lowest BCUT2D eigenvalue weighted by molar-refractivity contribution is -0.153. The van der Waals surface area contributed by atoms with Crippen molar-refractivity contribution in [2.75, 3.05) is 27.9 Å². The number of alkyl halides is 3. The van der Waals surface area contributed by atoms with E-state index in [2.05, 4.69) is 15.6 Å². The van der Waals surface area contributed by atoms with Gasteiger partial charge in [-0.15, -0.1) is 0 Å². The quantitative estimate of drug-likeness (QED) is 0.514. The van der Waals surface area contributed by atoms with E-state index in [9.17, 15) is 13.2 Å². The second-order valence-electron chi connectivity index (χ2n) is 6.02. The first-order valence-corrected chi connectivity index (χ1v) is 8.78. The monoisotopic (exact) mass is 411 g/mol. The third-order valence-corrected chi connectivity index (χ3v) is 3.92. The summed E-state index contributed by atoms with van der Waals surface area (Å²) >= 11 is 0. The summed E-state index contributed by atoms with van der Waals surface area (Å²) in [7, 11) is 4.81. The van der Waals surface area contributed by atoms with Gasteiger partial charge in [-0.3, -0.25) is 4.99 Å². The molecule has 2 aromatic rings. The van der Waals surface area contributed by atoms with Crippen LogP contribution in [-0.2, 0) is 13.1 Å². The Labute approximate surface area is 167 Å². The number of nitrogens with one attached hydrogen (secondary N) is 2. The summed E-state index contributed by atoms with van der Waals surface area (Å²) in [5.41, 5.74) is 1.86. The van der Waals surface area contributed by atoms with E-state index < -0.39 is 12.8 Å². The predicted molar refractivity (Wildman–Crippen MR) is 105 cm³/mol. The van der Waals surface area contributed by atoms with Crippen LogP contribution in [0.5, 0.6) is 17.2 Å². The van der Waals surface area contributed by atoms with Gasteiger partial charge < -0.3 is 24.8 Å². The first-order chi connectivity index (χ1) is 13.8. The van der Waals surface area contributed by atoms with Crippen molar-refractivity contribution in [2.24, 2.45) is 4.99 Å². The van der Waals surface area contributed by atoms with Crippen LogP contribution >= 0.6 is 0 Å². The Bertz CT molecular complexity index is 809. The maximum atomic E-state index is 12.2. The van der Waals surface area contributed by atoms with Gasteiger partial charge in [0.05, 0.1) is 14.2 Å². The summed E-state index contributed by atoms with van der Waals surface area (Å²) in [6.07, 6.45) is -4.35. The van der Waals surface area contributed by atoms with Gasteiger partial charge in [-0.1, -0.05) is 18.2 Å². The summed E-state index contributed by atoms with van der Waals surface area (Å²) in [5.74, 6) is 2.04. The van der Waals surface area contributed by atoms with Crippen molar-refractivity contribution in [3.05, 3.63) is 53.6 Å². The van der Waals surface area contributed by atoms with Crippen molar-refractivity contribution >= 4 is 5.96 Å². The number of benzene rings is 2. The number of halogens is 3. The molecule has 2 rings (SSSR count). The van der Waals surface area contributed by atoms with E-state index in [1.807, 2.05) is 18.2 Å². The van der Waals surface area contributed by atoms with E-state index in [1.165, 1.54) is 12.1 Å². The molecule has 158 valence electrons. The minimum Gasteiger partial charge on any atom is -0.493 e. The Hall–Kier alpha value is -3.10. The molecule has 0 bridgehead atoms. The van der Waals surface area contributed by atoms with Crippen LogP contribution in [-0.4, -0.2) is 40.0 Å². The zero-order chi connectivity index (χ0) is 21.3. The van der Waals surface area contributed by atoms with Gasteiger partial charge in [0.25, 0.3) is 0 Å². The Balaban J connectivity index is 1.84. The van der Waals surface area contributed by atoms with Gasteiger partial charge in [0.2, 0.25) is 0 Å². The van der Waals surface area contributed by atoms with Crippen molar-refractivity contribution in [3.8, 4) is 17.2 Å². The number of aliphatic imine (C=N–C) groups is 1. The average Bonchev–Trinajstić information content (AvgIpc) is 2.72. The van der Waals surface area contributed by atoms with Crippen LogP contribution in [0.15, 0.2) is 47.5 Å². The standard InChI is InChI=1S/C20H24F3N3O3/c1-24-19(26-12-15-6-9-17(27-2)18(10-15)28-3)25-11-14-4-7-16(8-5-14)29-13-20(21,22)23/h4-10H,11-13H2,1-3H3,(H2,24,25,26). The third kappa shape index (κ3) is 7.44. The Morgan fingerprint density at radius 2 is 1.48 bits per heavy atom. The summed E-state index contributed by atoms with van der Waals surface area (Å²) in [5, 5.41) is 6.33. The van der Waals surface area contributed by atoms with Crippen molar-refractivity contribution in [1.29, 1.82) is 0 Å². The molecular formula is C20H24F3N3O3. The fourth-order valence-corrected chi connectivity index (χ4v) is 2.45. The number of ether oxygens (including phenoxy) is 3. The van der Waals surface area contributed by atoms with E-state index in [4.69, 9.17) is 14.2 Å². The molecule has 2 N–H and O–H groups in total. The van der Waals surface area contributed by atoms with Crippen molar-refractivity contribution in [3.63, 3.8) is 0 Å². The highest BCUT2D eigenvalue weighted by Crippen LogP contribution is 2.27. The van der Waals surface area contributed by atoms with Gasteiger partial charge in [-0.05, 0) is 35.4 Å². The fraction of sp³-hybridized carbons (Fsp3) is 0.350. The number of guanidine groups is 1. The van der Waals surface area contributed by atoms with E-state index in [1.54, 1.807) is 33.4 Å². The van der Waals surface area contributed by atoms with Gasteiger partial charge in [0.1, 0.15) is 5.75 Å². The zero-order valence-electron chi connectivity index (χ0n) is 16.5. The van der Waals surface area contributed by atoms with Gasteiger partial charge in [-0.2, -0.15) is 13.2 Å². The topological polar surface area (TPSA) is 64.1 Å². The molecular weight excluding hydrogens is 387 g/mol. The molecule has 0 atom stereocenters. The first kappa shape index (κ1) is 22.2. The summed E-state index contributed by atoms with van der Waals surface area (Å²) in [6.45, 7) is -0.341. The minimum absolute atomic E-state index is 0.169. The van der Waals surface area contributed by atoms with Crippen molar-refractivity contribution in [1.82, 2.24) is 10.6 Å². The largest absolute Gasteiger partial charge is 0.493 e. The number of hydrogen-bond acceptors (Lipinski definition) is 4. The maximum absolute atomic E-state index is 12.2. The molecule has 0 spiro atoms. The zero-order valence-corrected chi connectivity index (χ0v) is 16.5. The van der Waals surface area contributed by atoms with Gasteiger partial charge >= 0.3 is 6.18 Å². The molecule has 0 saturated carbocycles. The molecule has 0 unspecified atom stereocenters. The van der Waals surface area contributed by atoms with Crippen molar-refractivity contribution < 1.29 is 27.4 Å². The molecule has 0 aliphatic heterocycles. The Morgan fingerprint density at radius 3 is 2.03 bits per heavy atom. The molecule has 2 aromatic carbocycles. The number of hydrogen-bond donors (Lipinski definition) is 2. The number of methoxy groups -OCH3 is 2. The summed E-state index contributed by atoms with van der Waals surface area (Å²) in [6, 6.07) is 12.0. The molecule has 0 saturated heterocycles. The highest BCUT2D eigenvalue weighted by atomic mass is 19.4. The Morgan fingerprint density at radius 1 is 0.897 bits per heavy atom. The number of nitrogens with zero attached hydrogens (tertiary/aromatic N) is 1. The third-order valence-electron chi connectivity index (χ3n) is 3.92. The summed E-state index contributed by atoms with van der Waals surface area (Å²) in [4.78, 5) is 4.16. The molecule has 0 heterocycles. The number of rotatable bonds is 8. The van der Waals surface area contributed by atoms with Crippen LogP contribution in [0.25, 0.3) is 0 Å². The van der Waals surface area contributed by atoms with Crippen LogP contribution in [0.4, 0.5) is 13.2 Å². The molecule has 9 heteroatoms. The molecule has 0 aliphatic rings. The van der Waals surface area contributed by atoms with Crippen molar-refractivity contribution in [2.45, 2.75) is 19.3 Å². The average molecular weight is 411 g/mol. The summed E-state index contributed by atoms with van der Waals surface area (Å²) < 4.78 is 51.7. The lowest BCUT2D eigenvalue weighted by atomic mass is 10.2. The van der Waals surface area contributed by atoms with Gasteiger partial charge in [-0.25, -0.2) is 0 Å². The normalized spacial score (nSPS) is 11.7. The molecule has 0 fully saturated rings. The molecule has 6 nitrogen and oxygen atoms in total. The van der Waals surface area contributed by atoms with Crippen LogP contribution < -0.4 is 24.8 Å². The second-order valence-corrected chi connectivity index (χ2v) is 6.02. The fourth-order valence-electron chi connectivity index (χ4n) is 2.45.